The van der Waals surface area contributed by atoms with Gasteiger partial charge in [-0.25, -0.2) is 0 Å². The van der Waals surface area contributed by atoms with Gasteiger partial charge in [0.1, 0.15) is 0 Å². The van der Waals surface area contributed by atoms with Gasteiger partial charge >= 0.3 is 0 Å². The van der Waals surface area contributed by atoms with E-state index in [0.717, 1.165) is 32.5 Å². The first-order valence-electron chi connectivity index (χ1n) is 5.33. The van der Waals surface area contributed by atoms with Crippen LogP contribution < -0.4 is 5.32 Å². The van der Waals surface area contributed by atoms with Crippen LogP contribution in [0.5, 0.6) is 0 Å². The van der Waals surface area contributed by atoms with Crippen LogP contribution >= 0.6 is 0 Å². The van der Waals surface area contributed by atoms with Crippen molar-refractivity contribution in [2.45, 2.75) is 37.3 Å². The molecule has 3 nitrogen and oxygen atoms in total. The maximum atomic E-state index is 10.2. The lowest BCUT2D eigenvalue weighted by atomic mass is 10.0. The van der Waals surface area contributed by atoms with E-state index in [2.05, 4.69) is 17.3 Å². The van der Waals surface area contributed by atoms with Gasteiger partial charge in [-0.2, -0.15) is 0 Å². The maximum Gasteiger partial charge on any atom is 0.0774 e. The predicted octanol–water partition coefficient (Wildman–Crippen LogP) is 0.195. The molecule has 2 N–H and O–H groups in total. The van der Waals surface area contributed by atoms with Gasteiger partial charge in [-0.15, -0.1) is 0 Å². The molecule has 0 aromatic carbocycles. The lowest BCUT2D eigenvalue weighted by Crippen LogP contribution is -2.58. The van der Waals surface area contributed by atoms with Gasteiger partial charge in [-0.3, -0.25) is 4.90 Å². The topological polar surface area (TPSA) is 35.5 Å². The second-order valence-corrected chi connectivity index (χ2v) is 4.66. The molecule has 1 saturated carbocycles. The molecule has 13 heavy (non-hydrogen) atoms. The summed E-state index contributed by atoms with van der Waals surface area (Å²) >= 11 is 0. The summed E-state index contributed by atoms with van der Waals surface area (Å²) in [5, 5.41) is 13.4. The first-order chi connectivity index (χ1) is 6.20. The van der Waals surface area contributed by atoms with E-state index in [-0.39, 0.29) is 5.60 Å². The van der Waals surface area contributed by atoms with E-state index in [1.807, 2.05) is 0 Å². The summed E-state index contributed by atoms with van der Waals surface area (Å²) in [6.07, 6.45) is 4.40. The standard InChI is InChI=1S/C10H20N2O/c1-12(9-6-11-7-9)8-10(13)4-2-3-5-10/h9,11,13H,2-8H2,1H3. The van der Waals surface area contributed by atoms with Gasteiger partial charge in [0.2, 0.25) is 0 Å². The fourth-order valence-electron chi connectivity index (χ4n) is 2.37. The minimum Gasteiger partial charge on any atom is -0.389 e. The van der Waals surface area contributed by atoms with Crippen molar-refractivity contribution in [3.8, 4) is 0 Å². The molecule has 1 aliphatic heterocycles. The van der Waals surface area contributed by atoms with Crippen LogP contribution in [0.2, 0.25) is 0 Å². The molecule has 2 rings (SSSR count). The highest BCUT2D eigenvalue weighted by atomic mass is 16.3. The Hall–Kier alpha value is -0.120. The highest BCUT2D eigenvalue weighted by Crippen LogP contribution is 2.30. The van der Waals surface area contributed by atoms with E-state index in [4.69, 9.17) is 0 Å². The van der Waals surface area contributed by atoms with Crippen molar-refractivity contribution in [3.05, 3.63) is 0 Å². The fraction of sp³-hybridized carbons (Fsp3) is 1.00. The summed E-state index contributed by atoms with van der Waals surface area (Å²) < 4.78 is 0. The summed E-state index contributed by atoms with van der Waals surface area (Å²) in [7, 11) is 2.13. The lowest BCUT2D eigenvalue weighted by Gasteiger charge is -2.39. The van der Waals surface area contributed by atoms with Gasteiger partial charge in [0, 0.05) is 25.7 Å². The fourth-order valence-corrected chi connectivity index (χ4v) is 2.37. The van der Waals surface area contributed by atoms with E-state index in [1.54, 1.807) is 0 Å². The van der Waals surface area contributed by atoms with Crippen molar-refractivity contribution in [1.82, 2.24) is 10.2 Å². The van der Waals surface area contributed by atoms with Crippen LogP contribution in [-0.2, 0) is 0 Å². The van der Waals surface area contributed by atoms with Crippen LogP contribution in [0.15, 0.2) is 0 Å². The van der Waals surface area contributed by atoms with Crippen molar-refractivity contribution < 1.29 is 5.11 Å². The van der Waals surface area contributed by atoms with Crippen molar-refractivity contribution in [2.75, 3.05) is 26.7 Å². The van der Waals surface area contributed by atoms with Gasteiger partial charge in [0.25, 0.3) is 0 Å². The molecule has 0 radical (unpaired) electrons. The zero-order valence-corrected chi connectivity index (χ0v) is 8.42. The Morgan fingerprint density at radius 2 is 2.00 bits per heavy atom. The summed E-state index contributed by atoms with van der Waals surface area (Å²) in [5.41, 5.74) is -0.371. The van der Waals surface area contributed by atoms with Gasteiger partial charge in [-0.05, 0) is 19.9 Å². The van der Waals surface area contributed by atoms with Crippen LogP contribution in [0.4, 0.5) is 0 Å². The zero-order valence-electron chi connectivity index (χ0n) is 8.42. The molecule has 1 saturated heterocycles. The summed E-state index contributed by atoms with van der Waals surface area (Å²) in [6, 6.07) is 0.657. The average molecular weight is 184 g/mol. The second-order valence-electron chi connectivity index (χ2n) is 4.66. The molecule has 1 aliphatic carbocycles. The number of nitrogens with one attached hydrogen (secondary N) is 1. The third kappa shape index (κ3) is 2.03. The molecular formula is C10H20N2O. The summed E-state index contributed by atoms with van der Waals surface area (Å²) in [4.78, 5) is 2.31. The minimum atomic E-state index is -0.371. The average Bonchev–Trinajstić information content (AvgIpc) is 2.31. The Labute approximate surface area is 80.1 Å². The van der Waals surface area contributed by atoms with E-state index < -0.39 is 0 Å². The molecule has 0 unspecified atom stereocenters. The van der Waals surface area contributed by atoms with Gasteiger partial charge in [0.05, 0.1) is 5.60 Å². The van der Waals surface area contributed by atoms with Crippen molar-refractivity contribution in [2.24, 2.45) is 0 Å². The van der Waals surface area contributed by atoms with Crippen LogP contribution in [0.25, 0.3) is 0 Å². The van der Waals surface area contributed by atoms with E-state index >= 15 is 0 Å². The van der Waals surface area contributed by atoms with Gasteiger partial charge in [-0.1, -0.05) is 12.8 Å². The van der Waals surface area contributed by atoms with Gasteiger partial charge in [0.15, 0.2) is 0 Å². The molecule has 0 atom stereocenters. The summed E-state index contributed by atoms with van der Waals surface area (Å²) in [5.74, 6) is 0. The van der Waals surface area contributed by atoms with Crippen LogP contribution in [0.1, 0.15) is 25.7 Å². The number of hydrogen-bond acceptors (Lipinski definition) is 3. The molecule has 0 spiro atoms. The number of aliphatic hydroxyl groups is 1. The Bertz CT molecular complexity index is 174. The molecular weight excluding hydrogens is 164 g/mol. The molecule has 2 aliphatic rings. The summed E-state index contributed by atoms with van der Waals surface area (Å²) in [6.45, 7) is 3.04. The van der Waals surface area contributed by atoms with Gasteiger partial charge < -0.3 is 10.4 Å². The largest absolute Gasteiger partial charge is 0.389 e. The third-order valence-electron chi connectivity index (χ3n) is 3.46. The lowest BCUT2D eigenvalue weighted by molar-refractivity contribution is -0.00121. The predicted molar refractivity (Wildman–Crippen MR) is 52.7 cm³/mol. The molecule has 0 aromatic rings. The van der Waals surface area contributed by atoms with Crippen LogP contribution in [-0.4, -0.2) is 48.3 Å². The Balaban J connectivity index is 1.81. The number of rotatable bonds is 3. The van der Waals surface area contributed by atoms with Crippen LogP contribution in [0.3, 0.4) is 0 Å². The smallest absolute Gasteiger partial charge is 0.0774 e. The van der Waals surface area contributed by atoms with Crippen molar-refractivity contribution in [3.63, 3.8) is 0 Å². The quantitative estimate of drug-likeness (QED) is 0.657. The maximum absolute atomic E-state index is 10.2. The second kappa shape index (κ2) is 3.56. The molecule has 0 bridgehead atoms. The number of hydrogen-bond donors (Lipinski definition) is 2. The Morgan fingerprint density at radius 3 is 2.46 bits per heavy atom. The van der Waals surface area contributed by atoms with E-state index in [1.165, 1.54) is 12.8 Å². The first kappa shape index (κ1) is 9.44. The number of nitrogens with zero attached hydrogens (tertiary/aromatic N) is 1. The SMILES string of the molecule is CN(CC1(O)CCCC1)C1CNC1. The Morgan fingerprint density at radius 1 is 1.38 bits per heavy atom. The zero-order chi connectivity index (χ0) is 9.31. The highest BCUT2D eigenvalue weighted by molar-refractivity contribution is 4.91. The number of likely N-dealkylation sites (N-methyl/N-ethyl adjacent to an activating group) is 1. The highest BCUT2D eigenvalue weighted by Gasteiger charge is 2.34. The van der Waals surface area contributed by atoms with Crippen molar-refractivity contribution >= 4 is 0 Å². The first-order valence-corrected chi connectivity index (χ1v) is 5.33. The normalized spacial score (nSPS) is 27.9. The molecule has 0 aromatic heterocycles. The minimum absolute atomic E-state index is 0.371. The molecule has 2 fully saturated rings. The Kier molecular flexibility index (Phi) is 2.58. The van der Waals surface area contributed by atoms with Crippen LogP contribution in [0, 0.1) is 0 Å². The van der Waals surface area contributed by atoms with E-state index in [0.29, 0.717) is 6.04 Å². The third-order valence-corrected chi connectivity index (χ3v) is 3.46. The van der Waals surface area contributed by atoms with E-state index in [9.17, 15) is 5.11 Å². The monoisotopic (exact) mass is 184 g/mol. The molecule has 1 heterocycles. The van der Waals surface area contributed by atoms with Crippen molar-refractivity contribution in [1.29, 1.82) is 0 Å². The molecule has 3 heteroatoms. The molecule has 76 valence electrons. The molecule has 0 amide bonds.